The third-order valence-electron chi connectivity index (χ3n) is 7.25. The Labute approximate surface area is 194 Å². The van der Waals surface area contributed by atoms with Crippen molar-refractivity contribution in [2.24, 2.45) is 0 Å². The lowest BCUT2D eigenvalue weighted by atomic mass is 9.73. The molecule has 0 aromatic heterocycles. The largest absolute Gasteiger partial charge is 0.394 e. The first kappa shape index (κ1) is 22.1. The van der Waals surface area contributed by atoms with Gasteiger partial charge in [0.1, 0.15) is 0 Å². The monoisotopic (exact) mass is 449 g/mol. The Bertz CT molecular complexity index is 1000. The Morgan fingerprint density at radius 3 is 2.30 bits per heavy atom. The quantitative estimate of drug-likeness (QED) is 0.749. The van der Waals surface area contributed by atoms with Crippen molar-refractivity contribution in [3.05, 3.63) is 59.7 Å². The number of ether oxygens (including phenoxy) is 1. The summed E-state index contributed by atoms with van der Waals surface area (Å²) < 4.78 is 5.36. The van der Waals surface area contributed by atoms with Crippen molar-refractivity contribution in [1.29, 1.82) is 0 Å². The lowest BCUT2D eigenvalue weighted by Crippen LogP contribution is -2.73. The molecule has 7 nitrogen and oxygen atoms in total. The number of aliphatic hydroxyl groups is 1. The topological polar surface area (TPSA) is 73.3 Å². The van der Waals surface area contributed by atoms with Crippen LogP contribution in [0.25, 0.3) is 11.1 Å². The first-order valence-corrected chi connectivity index (χ1v) is 11.7. The maximum atomic E-state index is 12.9. The molecule has 7 heteroatoms. The fourth-order valence-electron chi connectivity index (χ4n) is 5.38. The van der Waals surface area contributed by atoms with Gasteiger partial charge in [-0.3, -0.25) is 14.5 Å². The zero-order valence-electron chi connectivity index (χ0n) is 19.0. The van der Waals surface area contributed by atoms with Crippen molar-refractivity contribution in [1.82, 2.24) is 14.7 Å². The van der Waals surface area contributed by atoms with Gasteiger partial charge in [-0.25, -0.2) is 0 Å². The van der Waals surface area contributed by atoms with E-state index < -0.39 is 0 Å². The smallest absolute Gasteiger partial charge is 0.242 e. The lowest BCUT2D eigenvalue weighted by Gasteiger charge is -2.58. The Kier molecular flexibility index (Phi) is 6.19. The molecule has 2 aromatic rings. The number of morpholine rings is 1. The second-order valence-electron chi connectivity index (χ2n) is 9.29. The van der Waals surface area contributed by atoms with Crippen LogP contribution in [0, 0.1) is 6.92 Å². The van der Waals surface area contributed by atoms with Gasteiger partial charge < -0.3 is 19.6 Å². The number of carbonyl (C=O) groups excluding carboxylic acids is 2. The lowest BCUT2D eigenvalue weighted by molar-refractivity contribution is -0.167. The summed E-state index contributed by atoms with van der Waals surface area (Å²) in [6, 6.07) is 16.5. The molecule has 174 valence electrons. The molecule has 3 heterocycles. The minimum Gasteiger partial charge on any atom is -0.394 e. The number of fused-ring (bicyclic) bond motifs is 1. The molecule has 3 saturated heterocycles. The van der Waals surface area contributed by atoms with Crippen molar-refractivity contribution < 1.29 is 19.4 Å². The molecule has 0 spiro atoms. The third kappa shape index (κ3) is 4.28. The summed E-state index contributed by atoms with van der Waals surface area (Å²) in [7, 11) is 0. The zero-order chi connectivity index (χ0) is 22.9. The summed E-state index contributed by atoms with van der Waals surface area (Å²) >= 11 is 0. The highest BCUT2D eigenvalue weighted by molar-refractivity contribution is 5.88. The van der Waals surface area contributed by atoms with Gasteiger partial charge in [0.25, 0.3) is 0 Å². The minimum atomic E-state index is -0.232. The van der Waals surface area contributed by atoms with Crippen LogP contribution in [-0.4, -0.2) is 96.2 Å². The number of carbonyl (C=O) groups is 2. The van der Waals surface area contributed by atoms with E-state index >= 15 is 0 Å². The van der Waals surface area contributed by atoms with Crippen LogP contribution in [0.2, 0.25) is 0 Å². The van der Waals surface area contributed by atoms with E-state index in [1.54, 1.807) is 9.80 Å². The number of hydrogen-bond acceptors (Lipinski definition) is 5. The highest BCUT2D eigenvalue weighted by Crippen LogP contribution is 2.43. The summed E-state index contributed by atoms with van der Waals surface area (Å²) in [5, 5.41) is 10.0. The molecule has 0 saturated carbocycles. The van der Waals surface area contributed by atoms with Gasteiger partial charge in [-0.1, -0.05) is 54.1 Å². The van der Waals surface area contributed by atoms with Gasteiger partial charge in [0.05, 0.1) is 45.0 Å². The molecule has 0 radical (unpaired) electrons. The zero-order valence-corrected chi connectivity index (χ0v) is 19.0. The molecule has 3 fully saturated rings. The predicted octanol–water partition coefficient (Wildman–Crippen LogP) is 1.49. The van der Waals surface area contributed by atoms with E-state index in [4.69, 9.17) is 4.74 Å². The summed E-state index contributed by atoms with van der Waals surface area (Å²) in [6.45, 7) is 5.69. The van der Waals surface area contributed by atoms with Gasteiger partial charge in [-0.05, 0) is 23.6 Å². The van der Waals surface area contributed by atoms with E-state index in [2.05, 4.69) is 60.4 Å². The normalized spacial score (nSPS) is 25.5. The van der Waals surface area contributed by atoms with Crippen molar-refractivity contribution in [3.63, 3.8) is 0 Å². The van der Waals surface area contributed by atoms with Crippen LogP contribution in [0.3, 0.4) is 0 Å². The maximum absolute atomic E-state index is 12.9. The molecular formula is C26H31N3O4. The van der Waals surface area contributed by atoms with Gasteiger partial charge in [-0.2, -0.15) is 0 Å². The molecule has 0 aliphatic carbocycles. The molecule has 3 aliphatic heterocycles. The number of piperazine rings is 1. The Morgan fingerprint density at radius 1 is 1.03 bits per heavy atom. The van der Waals surface area contributed by atoms with E-state index in [0.29, 0.717) is 26.3 Å². The fourth-order valence-corrected chi connectivity index (χ4v) is 5.38. The molecule has 33 heavy (non-hydrogen) atoms. The second-order valence-corrected chi connectivity index (χ2v) is 9.29. The Hall–Kier alpha value is -2.74. The van der Waals surface area contributed by atoms with E-state index in [9.17, 15) is 14.7 Å². The molecule has 3 aliphatic rings. The van der Waals surface area contributed by atoms with Gasteiger partial charge >= 0.3 is 0 Å². The minimum absolute atomic E-state index is 0.00850. The van der Waals surface area contributed by atoms with Crippen molar-refractivity contribution in [3.8, 4) is 11.1 Å². The Morgan fingerprint density at radius 2 is 1.67 bits per heavy atom. The van der Waals surface area contributed by atoms with Crippen LogP contribution in [0.5, 0.6) is 0 Å². The summed E-state index contributed by atoms with van der Waals surface area (Å²) in [5.41, 5.74) is 4.62. The molecule has 5 rings (SSSR count). The van der Waals surface area contributed by atoms with Gasteiger partial charge in [0, 0.05) is 25.6 Å². The van der Waals surface area contributed by atoms with Crippen LogP contribution >= 0.6 is 0 Å². The second kappa shape index (κ2) is 9.25. The van der Waals surface area contributed by atoms with Crippen LogP contribution in [0.4, 0.5) is 0 Å². The molecule has 2 aromatic carbocycles. The molecule has 0 bridgehead atoms. The first-order chi connectivity index (χ1) is 16.0. The van der Waals surface area contributed by atoms with E-state index in [-0.39, 0.29) is 43.0 Å². The average Bonchev–Trinajstić information content (AvgIpc) is 2.82. The van der Waals surface area contributed by atoms with E-state index in [1.807, 2.05) is 0 Å². The third-order valence-corrected chi connectivity index (χ3v) is 7.25. The highest BCUT2D eigenvalue weighted by Gasteiger charge is 2.54. The average molecular weight is 450 g/mol. The van der Waals surface area contributed by atoms with E-state index in [1.165, 1.54) is 5.56 Å². The number of amides is 2. The molecule has 0 unspecified atom stereocenters. The number of benzene rings is 2. The summed E-state index contributed by atoms with van der Waals surface area (Å²) in [4.78, 5) is 31.4. The number of rotatable bonds is 5. The summed E-state index contributed by atoms with van der Waals surface area (Å²) in [5.74, 6) is -0.0658. The molecule has 2 amide bonds. The van der Waals surface area contributed by atoms with Gasteiger partial charge in [0.15, 0.2) is 0 Å². The van der Waals surface area contributed by atoms with Crippen LogP contribution in [0.15, 0.2) is 48.5 Å². The van der Waals surface area contributed by atoms with Crippen LogP contribution in [-0.2, 0) is 14.3 Å². The predicted molar refractivity (Wildman–Crippen MR) is 125 cm³/mol. The van der Waals surface area contributed by atoms with Crippen molar-refractivity contribution in [2.75, 3.05) is 52.5 Å². The number of aliphatic hydroxyl groups excluding tert-OH is 1. The molecular weight excluding hydrogens is 418 g/mol. The number of hydrogen-bond donors (Lipinski definition) is 1. The van der Waals surface area contributed by atoms with Gasteiger partial charge in [0.2, 0.25) is 11.8 Å². The maximum Gasteiger partial charge on any atom is 0.242 e. The first-order valence-electron chi connectivity index (χ1n) is 11.7. The fraction of sp³-hybridized carbons (Fsp3) is 0.462. The summed E-state index contributed by atoms with van der Waals surface area (Å²) in [6.07, 6.45) is 0. The highest BCUT2D eigenvalue weighted by atomic mass is 16.5. The van der Waals surface area contributed by atoms with Crippen LogP contribution in [0.1, 0.15) is 17.0 Å². The van der Waals surface area contributed by atoms with Gasteiger partial charge in [-0.15, -0.1) is 0 Å². The molecule has 1 N–H and O–H groups in total. The number of nitrogens with zero attached hydrogens (tertiary/aromatic N) is 3. The molecule has 3 atom stereocenters. The Balaban J connectivity index is 1.31. The standard InChI is InChI=1S/C26H31N3O4/c1-18-2-4-19(5-3-18)20-6-8-21(9-7-20)26-22-14-28(16-25(32)29(22)23(26)17-30)24(31)15-27-10-12-33-13-11-27/h2-9,22-23,26,30H,10-17H2,1H3/t22-,23+,26+/m1/s1. The SMILES string of the molecule is Cc1ccc(-c2ccc([C@H]3[C@H]4CN(C(=O)CN5CCOCC5)CC(=O)N4[C@H]3CO)cc2)cc1. The van der Waals surface area contributed by atoms with Crippen molar-refractivity contribution >= 4 is 11.8 Å². The van der Waals surface area contributed by atoms with Crippen LogP contribution < -0.4 is 0 Å². The van der Waals surface area contributed by atoms with Crippen molar-refractivity contribution in [2.45, 2.75) is 24.9 Å². The van der Waals surface area contributed by atoms with E-state index in [0.717, 1.165) is 29.8 Å². The number of aryl methyl sites for hydroxylation is 1.